The van der Waals surface area contributed by atoms with Crippen molar-refractivity contribution in [3.63, 3.8) is 0 Å². The van der Waals surface area contributed by atoms with E-state index >= 15 is 0 Å². The summed E-state index contributed by atoms with van der Waals surface area (Å²) in [6, 6.07) is 15.0. The van der Waals surface area contributed by atoms with Gasteiger partial charge in [0.05, 0.1) is 5.56 Å². The molecule has 1 aromatic heterocycles. The number of aldehydes is 1. The maximum atomic E-state index is 12.9. The van der Waals surface area contributed by atoms with Crippen molar-refractivity contribution in [2.24, 2.45) is 0 Å². The molecule has 0 spiro atoms. The summed E-state index contributed by atoms with van der Waals surface area (Å²) in [5.41, 5.74) is 0.870. The van der Waals surface area contributed by atoms with Gasteiger partial charge in [0.15, 0.2) is 6.29 Å². The fourth-order valence-corrected chi connectivity index (χ4v) is 4.12. The number of benzene rings is 2. The van der Waals surface area contributed by atoms with Gasteiger partial charge in [-0.3, -0.25) is 34.3 Å². The molecule has 0 saturated carbocycles. The number of hydrogen-bond acceptors (Lipinski definition) is 6. The molecule has 4 amide bonds. The van der Waals surface area contributed by atoms with Crippen molar-refractivity contribution in [2.75, 3.05) is 7.05 Å². The van der Waals surface area contributed by atoms with Crippen LogP contribution in [-0.4, -0.2) is 52.9 Å². The van der Waals surface area contributed by atoms with E-state index in [9.17, 15) is 24.0 Å². The van der Waals surface area contributed by atoms with Gasteiger partial charge in [0.2, 0.25) is 12.3 Å². The van der Waals surface area contributed by atoms with Gasteiger partial charge in [0, 0.05) is 42.9 Å². The van der Waals surface area contributed by atoms with Gasteiger partial charge in [-0.25, -0.2) is 0 Å². The number of carbonyl (C=O) groups excluding carboxylic acids is 5. The number of carbonyl (C=O) groups is 5. The van der Waals surface area contributed by atoms with Crippen LogP contribution in [0.25, 0.3) is 10.8 Å². The van der Waals surface area contributed by atoms with Gasteiger partial charge in [-0.15, -0.1) is 0 Å². The summed E-state index contributed by atoms with van der Waals surface area (Å²) in [7, 11) is 1.48. The molecule has 0 aliphatic carbocycles. The molecular formula is C28H30N4O5. The molecule has 37 heavy (non-hydrogen) atoms. The molecule has 1 saturated heterocycles. The summed E-state index contributed by atoms with van der Waals surface area (Å²) < 4.78 is 0. The van der Waals surface area contributed by atoms with E-state index in [-0.39, 0.29) is 30.0 Å². The van der Waals surface area contributed by atoms with Gasteiger partial charge in [0.1, 0.15) is 5.54 Å². The SMILES string of the molecule is CN(C(=O)c1ccc(CNC=O)cc1C=O)C1(C)CCCC(=O)NC1=O.Cc1cc2ccccc2cn1. The Morgan fingerprint density at radius 1 is 1.14 bits per heavy atom. The minimum Gasteiger partial charge on any atom is -0.355 e. The summed E-state index contributed by atoms with van der Waals surface area (Å²) in [6.45, 7) is 3.84. The normalized spacial score (nSPS) is 17.1. The number of imide groups is 1. The monoisotopic (exact) mass is 502 g/mol. The number of aryl methyl sites for hydroxylation is 1. The highest BCUT2D eigenvalue weighted by Gasteiger charge is 2.42. The van der Waals surface area contributed by atoms with Crippen molar-refractivity contribution in [1.29, 1.82) is 0 Å². The third-order valence-electron chi connectivity index (χ3n) is 6.48. The predicted octanol–water partition coefficient (Wildman–Crippen LogP) is 2.95. The molecule has 1 aliphatic rings. The average molecular weight is 503 g/mol. The molecular weight excluding hydrogens is 472 g/mol. The second-order valence-electron chi connectivity index (χ2n) is 9.08. The smallest absolute Gasteiger partial charge is 0.255 e. The van der Waals surface area contributed by atoms with E-state index in [2.05, 4.69) is 33.8 Å². The van der Waals surface area contributed by atoms with E-state index in [1.807, 2.05) is 25.3 Å². The summed E-state index contributed by atoms with van der Waals surface area (Å²) >= 11 is 0. The van der Waals surface area contributed by atoms with Crippen LogP contribution in [0.1, 0.15) is 58.2 Å². The molecule has 192 valence electrons. The zero-order valence-electron chi connectivity index (χ0n) is 21.1. The largest absolute Gasteiger partial charge is 0.355 e. The van der Waals surface area contributed by atoms with E-state index in [0.717, 1.165) is 5.69 Å². The molecule has 4 rings (SSSR count). The lowest BCUT2D eigenvalue weighted by molar-refractivity contribution is -0.135. The number of fused-ring (bicyclic) bond motifs is 1. The Labute approximate surface area is 215 Å². The Balaban J connectivity index is 0.000000284. The van der Waals surface area contributed by atoms with Crippen LogP contribution in [0.2, 0.25) is 0 Å². The summed E-state index contributed by atoms with van der Waals surface area (Å²) in [4.78, 5) is 64.2. The summed E-state index contributed by atoms with van der Waals surface area (Å²) in [5.74, 6) is -1.38. The van der Waals surface area contributed by atoms with Gasteiger partial charge >= 0.3 is 0 Å². The number of nitrogens with one attached hydrogen (secondary N) is 2. The first-order valence-electron chi connectivity index (χ1n) is 11.9. The average Bonchev–Trinajstić information content (AvgIpc) is 3.03. The van der Waals surface area contributed by atoms with Gasteiger partial charge < -0.3 is 10.2 Å². The van der Waals surface area contributed by atoms with Crippen LogP contribution in [0.15, 0.2) is 54.7 Å². The van der Waals surface area contributed by atoms with Gasteiger partial charge in [-0.1, -0.05) is 30.3 Å². The van der Waals surface area contributed by atoms with Crippen molar-refractivity contribution >= 4 is 41.2 Å². The number of pyridine rings is 1. The molecule has 1 atom stereocenters. The molecule has 2 aromatic carbocycles. The molecule has 1 unspecified atom stereocenters. The third-order valence-corrected chi connectivity index (χ3v) is 6.48. The maximum Gasteiger partial charge on any atom is 0.255 e. The zero-order chi connectivity index (χ0) is 27.0. The Hall–Kier alpha value is -4.40. The summed E-state index contributed by atoms with van der Waals surface area (Å²) in [6.07, 6.45) is 4.05. The molecule has 9 heteroatoms. The van der Waals surface area contributed by atoms with Crippen LogP contribution in [0.3, 0.4) is 0 Å². The molecule has 0 bridgehead atoms. The zero-order valence-corrected chi connectivity index (χ0v) is 21.1. The highest BCUT2D eigenvalue weighted by Crippen LogP contribution is 2.26. The van der Waals surface area contributed by atoms with Crippen LogP contribution >= 0.6 is 0 Å². The van der Waals surface area contributed by atoms with Crippen molar-refractivity contribution in [3.8, 4) is 0 Å². The first kappa shape index (κ1) is 27.2. The second kappa shape index (κ2) is 12.0. The number of rotatable bonds is 6. The molecule has 9 nitrogen and oxygen atoms in total. The second-order valence-corrected chi connectivity index (χ2v) is 9.08. The minimum absolute atomic E-state index is 0.155. The van der Waals surface area contributed by atoms with Crippen molar-refractivity contribution < 1.29 is 24.0 Å². The van der Waals surface area contributed by atoms with Crippen LogP contribution in [0.5, 0.6) is 0 Å². The lowest BCUT2D eigenvalue weighted by atomic mass is 9.92. The molecule has 1 aliphatic heterocycles. The van der Waals surface area contributed by atoms with E-state index < -0.39 is 17.4 Å². The fourth-order valence-electron chi connectivity index (χ4n) is 4.12. The van der Waals surface area contributed by atoms with E-state index in [0.29, 0.717) is 31.1 Å². The lowest BCUT2D eigenvalue weighted by Gasteiger charge is -2.36. The number of likely N-dealkylation sites (N-methyl/N-ethyl adjacent to an activating group) is 1. The van der Waals surface area contributed by atoms with Crippen molar-refractivity contribution in [2.45, 2.75) is 45.2 Å². The van der Waals surface area contributed by atoms with E-state index in [4.69, 9.17) is 0 Å². The molecule has 2 N–H and O–H groups in total. The highest BCUT2D eigenvalue weighted by atomic mass is 16.2. The fraction of sp³-hybridized carbons (Fsp3) is 0.286. The number of nitrogens with zero attached hydrogens (tertiary/aromatic N) is 2. The van der Waals surface area contributed by atoms with Gasteiger partial charge in [-0.2, -0.15) is 0 Å². The predicted molar refractivity (Wildman–Crippen MR) is 139 cm³/mol. The van der Waals surface area contributed by atoms with Crippen molar-refractivity contribution in [3.05, 3.63) is 77.1 Å². The Bertz CT molecular complexity index is 1340. The van der Waals surface area contributed by atoms with Crippen LogP contribution in [0.4, 0.5) is 0 Å². The molecule has 2 heterocycles. The number of hydrogen-bond donors (Lipinski definition) is 2. The highest BCUT2D eigenvalue weighted by molar-refractivity contribution is 6.06. The third kappa shape index (κ3) is 6.43. The van der Waals surface area contributed by atoms with Crippen LogP contribution in [-0.2, 0) is 20.9 Å². The summed E-state index contributed by atoms with van der Waals surface area (Å²) in [5, 5.41) is 7.25. The molecule has 0 radical (unpaired) electrons. The number of aromatic nitrogens is 1. The lowest BCUT2D eigenvalue weighted by Crippen LogP contribution is -2.57. The minimum atomic E-state index is -1.19. The first-order valence-corrected chi connectivity index (χ1v) is 11.9. The maximum absolute atomic E-state index is 12.9. The standard InChI is InChI=1S/C18H21N3O5.C10H9N/c1-18(7-3-4-15(24)20-17(18)26)21(2)16(25)14-6-5-12(9-19-11-23)8-13(14)10-22;1-8-6-9-4-2-3-5-10(9)7-11-8/h5-6,8,10-11H,3-4,7,9H2,1-2H3,(H,19,23)(H,20,24,26);2-7H,1H3. The van der Waals surface area contributed by atoms with E-state index in [1.165, 1.54) is 34.9 Å². The quantitative estimate of drug-likeness (QED) is 0.394. The molecule has 1 fully saturated rings. The number of amides is 4. The van der Waals surface area contributed by atoms with Gasteiger partial charge in [-0.05, 0) is 55.8 Å². The van der Waals surface area contributed by atoms with Crippen molar-refractivity contribution in [1.82, 2.24) is 20.5 Å². The first-order chi connectivity index (χ1) is 17.7. The molecule has 3 aromatic rings. The Morgan fingerprint density at radius 2 is 1.86 bits per heavy atom. The van der Waals surface area contributed by atoms with Gasteiger partial charge in [0.25, 0.3) is 11.8 Å². The van der Waals surface area contributed by atoms with Crippen LogP contribution in [0, 0.1) is 6.92 Å². The van der Waals surface area contributed by atoms with E-state index in [1.54, 1.807) is 13.0 Å². The van der Waals surface area contributed by atoms with Crippen LogP contribution < -0.4 is 10.6 Å². The Morgan fingerprint density at radius 3 is 2.57 bits per heavy atom. The topological polar surface area (TPSA) is 126 Å². The Kier molecular flexibility index (Phi) is 8.84.